The van der Waals surface area contributed by atoms with E-state index < -0.39 is 6.10 Å². The summed E-state index contributed by atoms with van der Waals surface area (Å²) in [7, 11) is 4.96. The van der Waals surface area contributed by atoms with Crippen molar-refractivity contribution in [2.75, 3.05) is 27.8 Å². The second kappa shape index (κ2) is 5.58. The first kappa shape index (κ1) is 11.8. The van der Waals surface area contributed by atoms with Gasteiger partial charge < -0.3 is 19.9 Å². The van der Waals surface area contributed by atoms with Crippen molar-refractivity contribution < 1.29 is 14.6 Å². The minimum absolute atomic E-state index is 0.509. The Labute approximate surface area is 89.8 Å². The fourth-order valence-corrected chi connectivity index (χ4v) is 1.37. The Morgan fingerprint density at radius 3 is 2.47 bits per heavy atom. The van der Waals surface area contributed by atoms with Gasteiger partial charge in [0.2, 0.25) is 0 Å². The van der Waals surface area contributed by atoms with Gasteiger partial charge in [-0.05, 0) is 24.7 Å². The van der Waals surface area contributed by atoms with Gasteiger partial charge in [-0.3, -0.25) is 0 Å². The van der Waals surface area contributed by atoms with Gasteiger partial charge in [0, 0.05) is 6.54 Å². The van der Waals surface area contributed by atoms with E-state index in [1.54, 1.807) is 33.4 Å². The van der Waals surface area contributed by atoms with E-state index >= 15 is 0 Å². The molecule has 0 saturated carbocycles. The SMILES string of the molecule is CNCC(O)c1cc(OC)c(OC)c[13cH]1. The third kappa shape index (κ3) is 2.84. The van der Waals surface area contributed by atoms with Gasteiger partial charge in [-0.15, -0.1) is 0 Å². The topological polar surface area (TPSA) is 50.7 Å². The highest BCUT2D eigenvalue weighted by atomic mass is 16.5. The standard InChI is InChI=1S/C11H17NO3/c1-12-7-9(13)8-4-5-10(14-2)11(6-8)15-3/h4-6,9,12-13H,7H2,1-3H3/i4+1. The van der Waals surface area contributed by atoms with Crippen LogP contribution in [0.2, 0.25) is 0 Å². The maximum Gasteiger partial charge on any atom is 0.161 e. The zero-order valence-electron chi connectivity index (χ0n) is 9.28. The van der Waals surface area contributed by atoms with Crippen LogP contribution in [0.3, 0.4) is 0 Å². The number of rotatable bonds is 5. The van der Waals surface area contributed by atoms with Crippen LogP contribution in [0.25, 0.3) is 0 Å². The van der Waals surface area contributed by atoms with Gasteiger partial charge in [-0.25, -0.2) is 0 Å². The molecule has 0 aliphatic heterocycles. The van der Waals surface area contributed by atoms with Crippen LogP contribution in [0.15, 0.2) is 18.2 Å². The van der Waals surface area contributed by atoms with Crippen LogP contribution >= 0.6 is 0 Å². The summed E-state index contributed by atoms with van der Waals surface area (Å²) < 4.78 is 10.3. The lowest BCUT2D eigenvalue weighted by Crippen LogP contribution is -2.16. The van der Waals surface area contributed by atoms with Crippen LogP contribution in [-0.4, -0.2) is 32.9 Å². The summed E-state index contributed by atoms with van der Waals surface area (Å²) in [5.41, 5.74) is 0.807. The summed E-state index contributed by atoms with van der Waals surface area (Å²) in [5.74, 6) is 1.29. The Kier molecular flexibility index (Phi) is 4.39. The van der Waals surface area contributed by atoms with E-state index in [-0.39, 0.29) is 0 Å². The number of methoxy groups -OCH3 is 2. The van der Waals surface area contributed by atoms with Crippen molar-refractivity contribution in [2.24, 2.45) is 0 Å². The van der Waals surface area contributed by atoms with Gasteiger partial charge in [-0.2, -0.15) is 0 Å². The number of hydrogen-bond acceptors (Lipinski definition) is 4. The van der Waals surface area contributed by atoms with Crippen molar-refractivity contribution in [1.29, 1.82) is 0 Å². The summed E-state index contributed by atoms with van der Waals surface area (Å²) >= 11 is 0. The maximum absolute atomic E-state index is 9.75. The molecule has 4 heteroatoms. The zero-order chi connectivity index (χ0) is 11.3. The first-order valence-corrected chi connectivity index (χ1v) is 4.77. The second-order valence-electron chi connectivity index (χ2n) is 3.19. The van der Waals surface area contributed by atoms with Gasteiger partial charge >= 0.3 is 0 Å². The van der Waals surface area contributed by atoms with Gasteiger partial charge in [-0.1, -0.05) is 6.07 Å². The molecule has 1 rings (SSSR count). The van der Waals surface area contributed by atoms with Crippen LogP contribution < -0.4 is 14.8 Å². The summed E-state index contributed by atoms with van der Waals surface area (Å²) in [6, 6.07) is 5.39. The fourth-order valence-electron chi connectivity index (χ4n) is 1.37. The quantitative estimate of drug-likeness (QED) is 0.763. The predicted molar refractivity (Wildman–Crippen MR) is 58.4 cm³/mol. The summed E-state index contributed by atoms with van der Waals surface area (Å²) in [6.45, 7) is 0.509. The molecule has 1 aromatic rings. The van der Waals surface area contributed by atoms with Crippen LogP contribution in [0, 0.1) is 0 Å². The Balaban J connectivity index is 2.92. The summed E-state index contributed by atoms with van der Waals surface area (Å²) in [6.07, 6.45) is -0.533. The average Bonchev–Trinajstić information content (AvgIpc) is 2.28. The summed E-state index contributed by atoms with van der Waals surface area (Å²) in [5, 5.41) is 12.7. The van der Waals surface area contributed by atoms with Crippen LogP contribution in [0.4, 0.5) is 0 Å². The van der Waals surface area contributed by atoms with E-state index in [1.807, 2.05) is 6.07 Å². The maximum atomic E-state index is 9.75. The molecule has 0 spiro atoms. The van der Waals surface area contributed by atoms with Crippen molar-refractivity contribution in [3.8, 4) is 11.5 Å². The Hall–Kier alpha value is -1.26. The highest BCUT2D eigenvalue weighted by Crippen LogP contribution is 2.29. The molecule has 1 atom stereocenters. The van der Waals surface area contributed by atoms with Crippen molar-refractivity contribution >= 4 is 0 Å². The predicted octanol–water partition coefficient (Wildman–Crippen LogP) is 0.957. The molecular weight excluding hydrogens is 195 g/mol. The molecule has 15 heavy (non-hydrogen) atoms. The smallest absolute Gasteiger partial charge is 0.161 e. The number of hydrogen-bond donors (Lipinski definition) is 2. The molecule has 0 saturated heterocycles. The highest BCUT2D eigenvalue weighted by molar-refractivity contribution is 5.43. The van der Waals surface area contributed by atoms with Crippen molar-refractivity contribution in [3.63, 3.8) is 0 Å². The summed E-state index contributed by atoms with van der Waals surface area (Å²) in [4.78, 5) is 0. The molecule has 4 nitrogen and oxygen atoms in total. The lowest BCUT2D eigenvalue weighted by atomic mass is 10.2. The number of nitrogens with one attached hydrogen (secondary N) is 1. The number of ether oxygens (including phenoxy) is 2. The average molecular weight is 212 g/mol. The van der Waals surface area contributed by atoms with E-state index in [2.05, 4.69) is 5.32 Å². The number of likely N-dealkylation sites (N-methyl/N-ethyl adjacent to an activating group) is 1. The molecule has 84 valence electrons. The fraction of sp³-hybridized carbons (Fsp3) is 0.455. The molecular formula is C11H17NO3. The first-order chi connectivity index (χ1) is 7.22. The largest absolute Gasteiger partial charge is 0.493 e. The zero-order valence-corrected chi connectivity index (χ0v) is 9.28. The molecule has 0 aliphatic rings. The molecule has 1 aromatic carbocycles. The molecule has 0 heterocycles. The van der Waals surface area contributed by atoms with Gasteiger partial charge in [0.1, 0.15) is 0 Å². The minimum Gasteiger partial charge on any atom is -0.493 e. The molecule has 0 aliphatic carbocycles. The molecule has 1 unspecified atom stereocenters. The number of aliphatic hydroxyl groups is 1. The molecule has 0 fully saturated rings. The third-order valence-electron chi connectivity index (χ3n) is 2.19. The minimum atomic E-state index is -0.533. The first-order valence-electron chi connectivity index (χ1n) is 4.77. The van der Waals surface area contributed by atoms with Gasteiger partial charge in [0.25, 0.3) is 0 Å². The molecule has 0 bridgehead atoms. The lowest BCUT2D eigenvalue weighted by Gasteiger charge is -2.13. The Bertz CT molecular complexity index is 315. The van der Waals surface area contributed by atoms with Crippen LogP contribution in [-0.2, 0) is 0 Å². The van der Waals surface area contributed by atoms with E-state index in [1.165, 1.54) is 0 Å². The third-order valence-corrected chi connectivity index (χ3v) is 2.19. The van der Waals surface area contributed by atoms with E-state index in [0.29, 0.717) is 18.0 Å². The Morgan fingerprint density at radius 1 is 1.27 bits per heavy atom. The monoisotopic (exact) mass is 212 g/mol. The molecule has 2 N–H and O–H groups in total. The van der Waals surface area contributed by atoms with Crippen molar-refractivity contribution in [3.05, 3.63) is 23.8 Å². The highest BCUT2D eigenvalue weighted by Gasteiger charge is 2.10. The normalized spacial score (nSPS) is 12.3. The Morgan fingerprint density at radius 2 is 1.93 bits per heavy atom. The van der Waals surface area contributed by atoms with E-state index in [9.17, 15) is 5.11 Å². The van der Waals surface area contributed by atoms with Crippen molar-refractivity contribution in [1.82, 2.24) is 5.32 Å². The molecule has 0 amide bonds. The second-order valence-corrected chi connectivity index (χ2v) is 3.19. The number of benzene rings is 1. The number of aliphatic hydroxyl groups excluding tert-OH is 1. The van der Waals surface area contributed by atoms with E-state index in [4.69, 9.17) is 9.47 Å². The van der Waals surface area contributed by atoms with Crippen molar-refractivity contribution in [2.45, 2.75) is 6.10 Å². The van der Waals surface area contributed by atoms with E-state index in [0.717, 1.165) is 5.56 Å². The van der Waals surface area contributed by atoms with Gasteiger partial charge in [0.05, 0.1) is 20.3 Å². The van der Waals surface area contributed by atoms with Crippen LogP contribution in [0.1, 0.15) is 11.7 Å². The lowest BCUT2D eigenvalue weighted by molar-refractivity contribution is 0.177. The molecule has 0 aromatic heterocycles. The molecule has 0 radical (unpaired) electrons. The van der Waals surface area contributed by atoms with Gasteiger partial charge in [0.15, 0.2) is 11.5 Å². The van der Waals surface area contributed by atoms with Crippen LogP contribution in [0.5, 0.6) is 11.5 Å².